The van der Waals surface area contributed by atoms with Gasteiger partial charge in [-0.1, -0.05) is 36.2 Å². The summed E-state index contributed by atoms with van der Waals surface area (Å²) in [5, 5.41) is 4.11. The first-order valence-corrected chi connectivity index (χ1v) is 7.32. The van der Waals surface area contributed by atoms with Crippen molar-refractivity contribution in [3.8, 4) is 0 Å². The van der Waals surface area contributed by atoms with Crippen molar-refractivity contribution in [1.82, 2.24) is 5.32 Å². The van der Waals surface area contributed by atoms with Gasteiger partial charge in [0.15, 0.2) is 0 Å². The van der Waals surface area contributed by atoms with Gasteiger partial charge in [-0.25, -0.2) is 0 Å². The normalized spacial score (nSPS) is 13.5. The minimum absolute atomic E-state index is 0.0189. The highest BCUT2D eigenvalue weighted by atomic mass is 35.5. The van der Waals surface area contributed by atoms with Crippen LogP contribution in [0.3, 0.4) is 0 Å². The van der Waals surface area contributed by atoms with E-state index in [-0.39, 0.29) is 12.5 Å². The molecule has 1 unspecified atom stereocenters. The third-order valence-corrected chi connectivity index (χ3v) is 3.68. The molecule has 0 saturated carbocycles. The number of alkyl halides is 3. The first kappa shape index (κ1) is 17.6. The molecule has 6 heteroatoms. The van der Waals surface area contributed by atoms with Crippen LogP contribution in [0.5, 0.6) is 0 Å². The third-order valence-electron chi connectivity index (χ3n) is 2.97. The van der Waals surface area contributed by atoms with Crippen LogP contribution in [0.2, 0.25) is 10.0 Å². The lowest BCUT2D eigenvalue weighted by Gasteiger charge is -2.20. The van der Waals surface area contributed by atoms with E-state index in [2.05, 4.69) is 5.32 Å². The monoisotopic (exact) mass is 327 g/mol. The second kappa shape index (κ2) is 8.11. The van der Waals surface area contributed by atoms with E-state index in [9.17, 15) is 13.2 Å². The summed E-state index contributed by atoms with van der Waals surface area (Å²) < 4.78 is 37.1. The lowest BCUT2D eigenvalue weighted by molar-refractivity contribution is -0.136. The van der Waals surface area contributed by atoms with Crippen molar-refractivity contribution >= 4 is 23.2 Å². The molecule has 0 heterocycles. The van der Waals surface area contributed by atoms with Gasteiger partial charge in [-0.3, -0.25) is 0 Å². The lowest BCUT2D eigenvalue weighted by Crippen LogP contribution is -2.33. The van der Waals surface area contributed by atoms with Crippen LogP contribution in [0.4, 0.5) is 13.2 Å². The Kier molecular flexibility index (Phi) is 7.13. The molecule has 114 valence electrons. The van der Waals surface area contributed by atoms with Crippen LogP contribution >= 0.6 is 23.2 Å². The first-order valence-electron chi connectivity index (χ1n) is 6.56. The van der Waals surface area contributed by atoms with Crippen LogP contribution in [-0.2, 0) is 6.42 Å². The molecule has 0 aromatic heterocycles. The zero-order valence-electron chi connectivity index (χ0n) is 11.2. The Morgan fingerprint density at radius 3 is 2.30 bits per heavy atom. The molecular formula is C14H18Cl2F3N. The molecule has 1 rings (SSSR count). The van der Waals surface area contributed by atoms with E-state index < -0.39 is 12.6 Å². The van der Waals surface area contributed by atoms with Crippen molar-refractivity contribution in [3.05, 3.63) is 33.8 Å². The smallest absolute Gasteiger partial charge is 0.314 e. The van der Waals surface area contributed by atoms with Crippen LogP contribution in [-0.4, -0.2) is 18.8 Å². The minimum Gasteiger partial charge on any atom is -0.314 e. The minimum atomic E-state index is -4.14. The molecule has 0 bridgehead atoms. The fourth-order valence-electron chi connectivity index (χ4n) is 1.94. The van der Waals surface area contributed by atoms with E-state index in [1.54, 1.807) is 18.2 Å². The molecule has 0 fully saturated rings. The number of hydrogen-bond donors (Lipinski definition) is 1. The predicted molar refractivity (Wildman–Crippen MR) is 77.5 cm³/mol. The molecule has 0 aliphatic heterocycles. The predicted octanol–water partition coefficient (Wildman–Crippen LogP) is 5.25. The molecule has 0 radical (unpaired) electrons. The maximum atomic E-state index is 12.4. The Hall–Kier alpha value is -0.450. The van der Waals surface area contributed by atoms with Crippen LogP contribution in [0, 0.1) is 0 Å². The Morgan fingerprint density at radius 2 is 1.80 bits per heavy atom. The number of halogens is 5. The van der Waals surface area contributed by atoms with Gasteiger partial charge >= 0.3 is 6.18 Å². The third kappa shape index (κ3) is 6.33. The second-order valence-corrected chi connectivity index (χ2v) is 5.52. The Morgan fingerprint density at radius 1 is 1.20 bits per heavy atom. The zero-order valence-corrected chi connectivity index (χ0v) is 12.7. The van der Waals surface area contributed by atoms with Crippen LogP contribution in [0.15, 0.2) is 18.2 Å². The molecule has 1 N–H and O–H groups in total. The highest BCUT2D eigenvalue weighted by molar-refractivity contribution is 6.35. The summed E-state index contributed by atoms with van der Waals surface area (Å²) in [6.45, 7) is 2.64. The summed E-state index contributed by atoms with van der Waals surface area (Å²) >= 11 is 12.1. The molecule has 0 aliphatic carbocycles. The first-order chi connectivity index (χ1) is 9.33. The molecule has 1 nitrogen and oxygen atoms in total. The fraction of sp³-hybridized carbons (Fsp3) is 0.571. The molecular weight excluding hydrogens is 310 g/mol. The molecule has 1 aromatic rings. The zero-order chi connectivity index (χ0) is 15.2. The van der Waals surface area contributed by atoms with Gasteiger partial charge in [0.05, 0.1) is 0 Å². The van der Waals surface area contributed by atoms with Gasteiger partial charge in [-0.15, -0.1) is 0 Å². The highest BCUT2D eigenvalue weighted by Gasteiger charge is 2.28. The van der Waals surface area contributed by atoms with Gasteiger partial charge in [0, 0.05) is 22.5 Å². The summed E-state index contributed by atoms with van der Waals surface area (Å²) in [6, 6.07) is 4.83. The standard InChI is InChI=1S/C14H18Cl2F3N/c1-2-8-20-10(6-7-14(17,18)19)9-11-12(15)4-3-5-13(11)16/h3-5,10,20H,2,6-9H2,1H3. The summed E-state index contributed by atoms with van der Waals surface area (Å²) in [5.41, 5.74) is 0.701. The number of benzene rings is 1. The average molecular weight is 328 g/mol. The molecule has 1 aromatic carbocycles. The van der Waals surface area contributed by atoms with Gasteiger partial charge in [-0.05, 0) is 43.5 Å². The maximum absolute atomic E-state index is 12.4. The molecule has 0 aliphatic rings. The van der Waals surface area contributed by atoms with Crippen LogP contribution < -0.4 is 5.32 Å². The van der Waals surface area contributed by atoms with E-state index >= 15 is 0 Å². The van der Waals surface area contributed by atoms with Gasteiger partial charge < -0.3 is 5.32 Å². The second-order valence-electron chi connectivity index (χ2n) is 4.71. The van der Waals surface area contributed by atoms with Crippen molar-refractivity contribution < 1.29 is 13.2 Å². The summed E-state index contributed by atoms with van der Waals surface area (Å²) in [7, 11) is 0. The topological polar surface area (TPSA) is 12.0 Å². The van der Waals surface area contributed by atoms with Gasteiger partial charge in [0.1, 0.15) is 0 Å². The van der Waals surface area contributed by atoms with Crippen molar-refractivity contribution in [3.63, 3.8) is 0 Å². The van der Waals surface area contributed by atoms with Crippen molar-refractivity contribution in [1.29, 1.82) is 0 Å². The molecule has 0 saturated heterocycles. The van der Waals surface area contributed by atoms with E-state index in [0.29, 0.717) is 28.6 Å². The Balaban J connectivity index is 2.73. The summed E-state index contributed by atoms with van der Waals surface area (Å²) in [4.78, 5) is 0. The van der Waals surface area contributed by atoms with Crippen molar-refractivity contribution in [2.24, 2.45) is 0 Å². The Bertz CT molecular complexity index is 401. The fourth-order valence-corrected chi connectivity index (χ4v) is 2.49. The maximum Gasteiger partial charge on any atom is 0.389 e. The van der Waals surface area contributed by atoms with Crippen molar-refractivity contribution in [2.75, 3.05) is 6.54 Å². The van der Waals surface area contributed by atoms with Gasteiger partial charge in [-0.2, -0.15) is 13.2 Å². The summed E-state index contributed by atoms with van der Waals surface area (Å²) in [5.74, 6) is 0. The SMILES string of the molecule is CCCNC(CCC(F)(F)F)Cc1c(Cl)cccc1Cl. The van der Waals surface area contributed by atoms with Gasteiger partial charge in [0.2, 0.25) is 0 Å². The van der Waals surface area contributed by atoms with E-state index in [0.717, 1.165) is 6.42 Å². The van der Waals surface area contributed by atoms with Gasteiger partial charge in [0.25, 0.3) is 0 Å². The van der Waals surface area contributed by atoms with Crippen molar-refractivity contribution in [2.45, 2.75) is 44.8 Å². The van der Waals surface area contributed by atoms with E-state index in [1.807, 2.05) is 6.92 Å². The van der Waals surface area contributed by atoms with E-state index in [1.165, 1.54) is 0 Å². The summed E-state index contributed by atoms with van der Waals surface area (Å²) in [6.07, 6.45) is -3.68. The Labute approximate surface area is 127 Å². The molecule has 20 heavy (non-hydrogen) atoms. The van der Waals surface area contributed by atoms with Crippen LogP contribution in [0.25, 0.3) is 0 Å². The number of rotatable bonds is 7. The highest BCUT2D eigenvalue weighted by Crippen LogP contribution is 2.28. The quantitative estimate of drug-likeness (QED) is 0.721. The molecule has 0 spiro atoms. The largest absolute Gasteiger partial charge is 0.389 e. The molecule has 1 atom stereocenters. The number of hydrogen-bond acceptors (Lipinski definition) is 1. The number of nitrogens with one attached hydrogen (secondary N) is 1. The molecule has 0 amide bonds. The van der Waals surface area contributed by atoms with Crippen LogP contribution in [0.1, 0.15) is 31.7 Å². The lowest BCUT2D eigenvalue weighted by atomic mass is 10.0. The average Bonchev–Trinajstić information content (AvgIpc) is 2.35. The van der Waals surface area contributed by atoms with E-state index in [4.69, 9.17) is 23.2 Å².